The maximum atomic E-state index is 12.6. The third kappa shape index (κ3) is 4.69. The van der Waals surface area contributed by atoms with Crippen molar-refractivity contribution in [3.05, 3.63) is 54.4 Å². The van der Waals surface area contributed by atoms with E-state index in [4.69, 9.17) is 14.7 Å². The van der Waals surface area contributed by atoms with Crippen LogP contribution in [0.3, 0.4) is 0 Å². The quantitative estimate of drug-likeness (QED) is 0.386. The first-order valence-electron chi connectivity index (χ1n) is 12.4. The van der Waals surface area contributed by atoms with E-state index < -0.39 is 5.60 Å². The number of aromatic nitrogens is 4. The van der Waals surface area contributed by atoms with Crippen molar-refractivity contribution in [3.8, 4) is 10.7 Å². The predicted molar refractivity (Wildman–Crippen MR) is 145 cm³/mol. The standard InChI is InChI=1S/C27H29N7O2S/c1-16-7-6-10-28-24(16)25-30-19-12-22(29-13-20(19)37-25)31-21-8-5-9-23(32-21)33-14-18-11-17(33)15-34(18)26(35)36-27(2,3)4/h5-10,12-13,17-18H,11,14-15H2,1-4H3,(H,29,31,32)/t17-,18-/m0/s1. The van der Waals surface area contributed by atoms with Crippen LogP contribution in [-0.2, 0) is 4.74 Å². The number of anilines is 3. The molecule has 0 unspecified atom stereocenters. The summed E-state index contributed by atoms with van der Waals surface area (Å²) in [5, 5.41) is 4.22. The van der Waals surface area contributed by atoms with Crippen LogP contribution < -0.4 is 10.2 Å². The Kier molecular flexibility index (Phi) is 5.71. The number of carbonyl (C=O) groups excluding carboxylic acids is 1. The average molecular weight is 516 g/mol. The van der Waals surface area contributed by atoms with Crippen LogP contribution in [0.25, 0.3) is 20.9 Å². The molecule has 190 valence electrons. The van der Waals surface area contributed by atoms with Crippen molar-refractivity contribution in [2.75, 3.05) is 23.3 Å². The van der Waals surface area contributed by atoms with E-state index in [1.165, 1.54) is 0 Å². The summed E-state index contributed by atoms with van der Waals surface area (Å²) in [5.41, 5.74) is 2.38. The zero-order chi connectivity index (χ0) is 25.7. The van der Waals surface area contributed by atoms with Crippen LogP contribution in [0.4, 0.5) is 22.2 Å². The molecule has 2 aliphatic rings. The third-order valence-corrected chi connectivity index (χ3v) is 7.65. The molecule has 1 N–H and O–H groups in total. The number of nitrogens with one attached hydrogen (secondary N) is 1. The van der Waals surface area contributed by atoms with Crippen molar-refractivity contribution in [1.82, 2.24) is 24.8 Å². The lowest BCUT2D eigenvalue weighted by Crippen LogP contribution is -2.50. The molecular formula is C27H29N7O2S. The molecule has 2 atom stereocenters. The van der Waals surface area contributed by atoms with E-state index in [0.29, 0.717) is 18.2 Å². The van der Waals surface area contributed by atoms with E-state index in [0.717, 1.165) is 45.3 Å². The number of hydrogen-bond donors (Lipinski definition) is 1. The molecule has 0 aromatic carbocycles. The van der Waals surface area contributed by atoms with Crippen LogP contribution in [0.5, 0.6) is 0 Å². The highest BCUT2D eigenvalue weighted by molar-refractivity contribution is 7.21. The summed E-state index contributed by atoms with van der Waals surface area (Å²) in [6.07, 6.45) is 4.33. The molecule has 2 bridgehead atoms. The number of nitrogens with zero attached hydrogens (tertiary/aromatic N) is 6. The van der Waals surface area contributed by atoms with Crippen LogP contribution in [0, 0.1) is 6.92 Å². The Labute approximate surface area is 219 Å². The minimum Gasteiger partial charge on any atom is -0.444 e. The number of pyridine rings is 3. The number of fused-ring (bicyclic) bond motifs is 3. The van der Waals surface area contributed by atoms with Gasteiger partial charge in [-0.1, -0.05) is 12.1 Å². The first-order valence-corrected chi connectivity index (χ1v) is 13.2. The van der Waals surface area contributed by atoms with Crippen molar-refractivity contribution in [2.45, 2.75) is 51.8 Å². The molecule has 0 spiro atoms. The molecular weight excluding hydrogens is 486 g/mol. The van der Waals surface area contributed by atoms with E-state index in [1.54, 1.807) is 17.5 Å². The van der Waals surface area contributed by atoms with Crippen molar-refractivity contribution in [3.63, 3.8) is 0 Å². The minimum atomic E-state index is -0.491. The monoisotopic (exact) mass is 515 g/mol. The lowest BCUT2D eigenvalue weighted by Gasteiger charge is -2.35. The van der Waals surface area contributed by atoms with Gasteiger partial charge in [-0.25, -0.2) is 19.7 Å². The van der Waals surface area contributed by atoms with Gasteiger partial charge in [0.25, 0.3) is 0 Å². The molecule has 0 aliphatic carbocycles. The Balaban J connectivity index is 1.16. The maximum Gasteiger partial charge on any atom is 0.410 e. The second kappa shape index (κ2) is 8.95. The topological polar surface area (TPSA) is 96.4 Å². The Bertz CT molecular complexity index is 1480. The van der Waals surface area contributed by atoms with Crippen molar-refractivity contribution < 1.29 is 9.53 Å². The predicted octanol–water partition coefficient (Wildman–Crippen LogP) is 5.40. The van der Waals surface area contributed by atoms with Crippen LogP contribution >= 0.6 is 11.3 Å². The van der Waals surface area contributed by atoms with Crippen LogP contribution in [0.15, 0.2) is 48.8 Å². The van der Waals surface area contributed by atoms with E-state index in [2.05, 4.69) is 20.2 Å². The fourth-order valence-corrected chi connectivity index (χ4v) is 5.97. The average Bonchev–Trinajstić information content (AvgIpc) is 3.57. The molecule has 4 aromatic rings. The van der Waals surface area contributed by atoms with Crippen molar-refractivity contribution in [1.29, 1.82) is 0 Å². The Morgan fingerprint density at radius 2 is 1.95 bits per heavy atom. The Morgan fingerprint density at radius 3 is 2.70 bits per heavy atom. The summed E-state index contributed by atoms with van der Waals surface area (Å²) < 4.78 is 6.60. The lowest BCUT2D eigenvalue weighted by atomic mass is 10.2. The Hall–Kier alpha value is -3.79. The number of aryl methyl sites for hydroxylation is 1. The van der Waals surface area contributed by atoms with Crippen molar-refractivity contribution in [2.24, 2.45) is 0 Å². The molecule has 2 fully saturated rings. The summed E-state index contributed by atoms with van der Waals surface area (Å²) in [6, 6.07) is 12.2. The first kappa shape index (κ1) is 23.6. The number of piperazine rings is 1. The first-order chi connectivity index (χ1) is 17.7. The smallest absolute Gasteiger partial charge is 0.410 e. The molecule has 2 saturated heterocycles. The SMILES string of the molecule is Cc1cccnc1-c1nc2cc(Nc3cccc(N4C[C@@H]5C[C@H]4CN5C(=O)OC(C)(C)C)n3)ncc2s1. The summed E-state index contributed by atoms with van der Waals surface area (Å²) in [7, 11) is 0. The summed E-state index contributed by atoms with van der Waals surface area (Å²) in [6.45, 7) is 9.14. The summed E-state index contributed by atoms with van der Waals surface area (Å²) in [5.74, 6) is 2.29. The molecule has 6 rings (SSSR count). The highest BCUT2D eigenvalue weighted by atomic mass is 32.1. The van der Waals surface area contributed by atoms with Gasteiger partial charge in [0.05, 0.1) is 22.3 Å². The van der Waals surface area contributed by atoms with Gasteiger partial charge in [0.1, 0.15) is 33.8 Å². The molecule has 6 heterocycles. The van der Waals surface area contributed by atoms with E-state index >= 15 is 0 Å². The molecule has 4 aromatic heterocycles. The van der Waals surface area contributed by atoms with E-state index in [9.17, 15) is 4.79 Å². The second-order valence-electron chi connectivity index (χ2n) is 10.6. The number of likely N-dealkylation sites (tertiary alicyclic amines) is 1. The van der Waals surface area contributed by atoms with Gasteiger partial charge >= 0.3 is 6.09 Å². The van der Waals surface area contributed by atoms with Gasteiger partial charge in [-0.05, 0) is 57.9 Å². The van der Waals surface area contributed by atoms with Gasteiger partial charge in [-0.15, -0.1) is 11.3 Å². The van der Waals surface area contributed by atoms with Crippen LogP contribution in [0.1, 0.15) is 32.8 Å². The van der Waals surface area contributed by atoms with Gasteiger partial charge < -0.3 is 19.9 Å². The number of rotatable bonds is 4. The molecule has 0 radical (unpaired) electrons. The zero-order valence-electron chi connectivity index (χ0n) is 21.3. The third-order valence-electron chi connectivity index (χ3n) is 6.64. The molecule has 0 saturated carbocycles. The molecule has 9 nitrogen and oxygen atoms in total. The fraction of sp³-hybridized carbons (Fsp3) is 0.370. The highest BCUT2D eigenvalue weighted by Crippen LogP contribution is 2.35. The van der Waals surface area contributed by atoms with Crippen LogP contribution in [-0.4, -0.2) is 61.7 Å². The van der Waals surface area contributed by atoms with Gasteiger partial charge in [0.2, 0.25) is 0 Å². The normalized spacial score (nSPS) is 19.0. The van der Waals surface area contributed by atoms with Gasteiger partial charge in [0.15, 0.2) is 0 Å². The second-order valence-corrected chi connectivity index (χ2v) is 11.6. The van der Waals surface area contributed by atoms with Gasteiger partial charge in [-0.3, -0.25) is 4.98 Å². The summed E-state index contributed by atoms with van der Waals surface area (Å²) >= 11 is 1.59. The zero-order valence-corrected chi connectivity index (χ0v) is 22.1. The minimum absolute atomic E-state index is 0.143. The largest absolute Gasteiger partial charge is 0.444 e. The number of carbonyl (C=O) groups is 1. The highest BCUT2D eigenvalue weighted by Gasteiger charge is 2.47. The van der Waals surface area contributed by atoms with E-state index in [1.807, 2.05) is 75.2 Å². The number of thiazole rings is 1. The van der Waals surface area contributed by atoms with Gasteiger partial charge in [0, 0.05) is 31.5 Å². The van der Waals surface area contributed by atoms with E-state index in [-0.39, 0.29) is 18.2 Å². The maximum absolute atomic E-state index is 12.6. The van der Waals surface area contributed by atoms with Gasteiger partial charge in [-0.2, -0.15) is 0 Å². The number of ether oxygens (including phenoxy) is 1. The van der Waals surface area contributed by atoms with Crippen molar-refractivity contribution >= 4 is 45.1 Å². The summed E-state index contributed by atoms with van der Waals surface area (Å²) in [4.78, 5) is 35.5. The van der Waals surface area contributed by atoms with Crippen LogP contribution in [0.2, 0.25) is 0 Å². The Morgan fingerprint density at radius 1 is 1.08 bits per heavy atom. The fourth-order valence-electron chi connectivity index (χ4n) is 4.99. The number of amides is 1. The lowest BCUT2D eigenvalue weighted by molar-refractivity contribution is 0.0214. The molecule has 2 aliphatic heterocycles. The molecule has 37 heavy (non-hydrogen) atoms. The number of hydrogen-bond acceptors (Lipinski definition) is 9. The molecule has 10 heteroatoms. The molecule has 1 amide bonds.